The zero-order chi connectivity index (χ0) is 21.0. The molecule has 1 aliphatic carbocycles. The molecule has 0 bridgehead atoms. The summed E-state index contributed by atoms with van der Waals surface area (Å²) in [6.45, 7) is 0.956. The highest BCUT2D eigenvalue weighted by molar-refractivity contribution is 5.84. The average Bonchev–Trinajstić information content (AvgIpc) is 2.72. The highest BCUT2D eigenvalue weighted by atomic mass is 19.2. The van der Waals surface area contributed by atoms with E-state index in [4.69, 9.17) is 5.73 Å². The Hall–Kier alpha value is -2.09. The Kier molecular flexibility index (Phi) is 7.16. The summed E-state index contributed by atoms with van der Waals surface area (Å²) in [6.07, 6.45) is 6.35. The molecule has 29 heavy (non-hydrogen) atoms. The summed E-state index contributed by atoms with van der Waals surface area (Å²) < 4.78 is 40.3. The van der Waals surface area contributed by atoms with Crippen molar-refractivity contribution in [3.05, 3.63) is 35.1 Å². The Morgan fingerprint density at radius 2 is 1.55 bits per heavy atom. The van der Waals surface area contributed by atoms with Gasteiger partial charge < -0.3 is 5.73 Å². The van der Waals surface area contributed by atoms with Crippen molar-refractivity contribution in [2.24, 2.45) is 11.7 Å². The molecule has 0 radical (unpaired) electrons. The first-order valence-corrected chi connectivity index (χ1v) is 10.4. The molecule has 1 aromatic rings. The van der Waals surface area contributed by atoms with Crippen molar-refractivity contribution in [2.45, 2.75) is 63.8 Å². The van der Waals surface area contributed by atoms with Gasteiger partial charge in [0.05, 0.1) is 0 Å². The summed E-state index contributed by atoms with van der Waals surface area (Å²) in [5.41, 5.74) is 5.93. The number of carbonyl (C=O) groups is 2. The van der Waals surface area contributed by atoms with Crippen molar-refractivity contribution in [2.75, 3.05) is 13.1 Å². The number of amides is 2. The van der Waals surface area contributed by atoms with Gasteiger partial charge >= 0.3 is 0 Å². The smallest absolute Gasteiger partial charge is 0.244 e. The van der Waals surface area contributed by atoms with E-state index in [0.717, 1.165) is 51.0 Å². The predicted molar refractivity (Wildman–Crippen MR) is 102 cm³/mol. The van der Waals surface area contributed by atoms with Crippen LogP contribution in [0.3, 0.4) is 0 Å². The number of carbonyl (C=O) groups excluding carboxylic acids is 2. The van der Waals surface area contributed by atoms with Gasteiger partial charge in [0.2, 0.25) is 11.8 Å². The number of nitrogens with zero attached hydrogens (tertiary/aromatic N) is 2. The first kappa shape index (κ1) is 21.6. The van der Waals surface area contributed by atoms with E-state index in [2.05, 4.69) is 0 Å². The van der Waals surface area contributed by atoms with E-state index in [-0.39, 0.29) is 36.1 Å². The molecule has 2 aliphatic rings. The maximum Gasteiger partial charge on any atom is 0.244 e. The van der Waals surface area contributed by atoms with Gasteiger partial charge in [0.15, 0.2) is 11.6 Å². The molecule has 1 aliphatic heterocycles. The van der Waals surface area contributed by atoms with Crippen LogP contribution in [0.25, 0.3) is 0 Å². The van der Waals surface area contributed by atoms with Gasteiger partial charge in [-0.05, 0) is 43.7 Å². The standard InChI is InChI=1S/C21H28F3N3O2/c22-17-13-19(24)18(23)11-15(17)10-16(25)12-20(28)26-8-4-5-9-27(26)21(29)14-6-2-1-3-7-14/h11,13-14,16H,1-10,12,25H2/t16-/m1/s1. The summed E-state index contributed by atoms with van der Waals surface area (Å²) in [6, 6.07) is 0.485. The van der Waals surface area contributed by atoms with Crippen LogP contribution < -0.4 is 5.73 Å². The molecule has 0 spiro atoms. The molecule has 2 amide bonds. The molecule has 2 N–H and O–H groups in total. The minimum atomic E-state index is -1.26. The first-order chi connectivity index (χ1) is 13.9. The molecule has 160 valence electrons. The van der Waals surface area contributed by atoms with Gasteiger partial charge in [-0.1, -0.05) is 19.3 Å². The molecule has 1 saturated carbocycles. The van der Waals surface area contributed by atoms with Crippen LogP contribution in [0, 0.1) is 23.4 Å². The topological polar surface area (TPSA) is 66.6 Å². The lowest BCUT2D eigenvalue weighted by Gasteiger charge is -2.41. The molecule has 1 aromatic carbocycles. The zero-order valence-corrected chi connectivity index (χ0v) is 16.5. The molecule has 0 aromatic heterocycles. The Balaban J connectivity index is 1.63. The van der Waals surface area contributed by atoms with Crippen LogP contribution in [0.15, 0.2) is 12.1 Å². The van der Waals surface area contributed by atoms with Crippen LogP contribution in [-0.4, -0.2) is 41.0 Å². The van der Waals surface area contributed by atoms with Crippen molar-refractivity contribution in [3.8, 4) is 0 Å². The highest BCUT2D eigenvalue weighted by Gasteiger charge is 2.34. The third-order valence-corrected chi connectivity index (χ3v) is 5.79. The second-order valence-corrected chi connectivity index (χ2v) is 8.05. The molecule has 1 saturated heterocycles. The van der Waals surface area contributed by atoms with Crippen LogP contribution in [-0.2, 0) is 16.0 Å². The normalized spacial score (nSPS) is 19.3. The Labute approximate surface area is 169 Å². The number of nitrogens with two attached hydrogens (primary N) is 1. The van der Waals surface area contributed by atoms with Gasteiger partial charge in [-0.15, -0.1) is 0 Å². The van der Waals surface area contributed by atoms with Gasteiger partial charge in [-0.25, -0.2) is 13.2 Å². The van der Waals surface area contributed by atoms with Crippen molar-refractivity contribution < 1.29 is 22.8 Å². The SMILES string of the molecule is N[C@@H](CC(=O)N1CCCCN1C(=O)C1CCCCC1)Cc1cc(F)c(F)cc1F. The molecule has 5 nitrogen and oxygen atoms in total. The van der Waals surface area contributed by atoms with Crippen LogP contribution in [0.5, 0.6) is 0 Å². The van der Waals surface area contributed by atoms with Gasteiger partial charge in [-0.3, -0.25) is 19.6 Å². The number of hydrogen-bond acceptors (Lipinski definition) is 3. The Bertz CT molecular complexity index is 753. The van der Waals surface area contributed by atoms with Crippen LogP contribution in [0.4, 0.5) is 13.2 Å². The van der Waals surface area contributed by atoms with Crippen molar-refractivity contribution in [1.29, 1.82) is 0 Å². The highest BCUT2D eigenvalue weighted by Crippen LogP contribution is 2.27. The summed E-state index contributed by atoms with van der Waals surface area (Å²) in [5, 5.41) is 3.04. The summed E-state index contributed by atoms with van der Waals surface area (Å²) in [5.74, 6) is -3.65. The second-order valence-electron chi connectivity index (χ2n) is 8.05. The van der Waals surface area contributed by atoms with E-state index in [1.165, 1.54) is 5.01 Å². The Morgan fingerprint density at radius 1 is 0.931 bits per heavy atom. The van der Waals surface area contributed by atoms with Crippen molar-refractivity contribution >= 4 is 11.8 Å². The van der Waals surface area contributed by atoms with E-state index in [1.54, 1.807) is 5.01 Å². The van der Waals surface area contributed by atoms with Gasteiger partial charge in [0.1, 0.15) is 5.82 Å². The molecule has 8 heteroatoms. The van der Waals surface area contributed by atoms with E-state index in [1.807, 2.05) is 0 Å². The van der Waals surface area contributed by atoms with Crippen molar-refractivity contribution in [1.82, 2.24) is 10.0 Å². The summed E-state index contributed by atoms with van der Waals surface area (Å²) >= 11 is 0. The number of rotatable bonds is 5. The fourth-order valence-electron chi connectivity index (χ4n) is 4.22. The van der Waals surface area contributed by atoms with E-state index >= 15 is 0 Å². The van der Waals surface area contributed by atoms with Gasteiger partial charge in [0, 0.05) is 37.5 Å². The number of halogens is 3. The fraction of sp³-hybridized carbons (Fsp3) is 0.619. The molecular formula is C21H28F3N3O2. The minimum Gasteiger partial charge on any atom is -0.327 e. The monoisotopic (exact) mass is 411 g/mol. The molecular weight excluding hydrogens is 383 g/mol. The maximum atomic E-state index is 13.8. The number of hydrazine groups is 1. The van der Waals surface area contributed by atoms with E-state index < -0.39 is 23.5 Å². The first-order valence-electron chi connectivity index (χ1n) is 10.4. The summed E-state index contributed by atoms with van der Waals surface area (Å²) in [4.78, 5) is 25.8. The van der Waals surface area contributed by atoms with Gasteiger partial charge in [-0.2, -0.15) is 0 Å². The van der Waals surface area contributed by atoms with Crippen LogP contribution in [0.2, 0.25) is 0 Å². The number of hydrogen-bond donors (Lipinski definition) is 1. The van der Waals surface area contributed by atoms with Crippen molar-refractivity contribution in [3.63, 3.8) is 0 Å². The lowest BCUT2D eigenvalue weighted by atomic mass is 9.88. The van der Waals surface area contributed by atoms with E-state index in [9.17, 15) is 22.8 Å². The quantitative estimate of drug-likeness (QED) is 0.756. The van der Waals surface area contributed by atoms with Gasteiger partial charge in [0.25, 0.3) is 0 Å². The lowest BCUT2D eigenvalue weighted by molar-refractivity contribution is -0.171. The molecule has 1 heterocycles. The average molecular weight is 411 g/mol. The maximum absolute atomic E-state index is 13.8. The summed E-state index contributed by atoms with van der Waals surface area (Å²) in [7, 11) is 0. The van der Waals surface area contributed by atoms with Crippen LogP contribution in [0.1, 0.15) is 56.9 Å². The predicted octanol–water partition coefficient (Wildman–Crippen LogP) is 3.31. The van der Waals surface area contributed by atoms with E-state index in [0.29, 0.717) is 19.2 Å². The third kappa shape index (κ3) is 5.29. The molecule has 2 fully saturated rings. The van der Waals surface area contributed by atoms with Crippen LogP contribution >= 0.6 is 0 Å². The molecule has 3 rings (SSSR count). The third-order valence-electron chi connectivity index (χ3n) is 5.79. The molecule has 1 atom stereocenters. The lowest BCUT2D eigenvalue weighted by Crippen LogP contribution is -2.55. The Morgan fingerprint density at radius 3 is 2.24 bits per heavy atom. The number of benzene rings is 1. The fourth-order valence-corrected chi connectivity index (χ4v) is 4.22. The minimum absolute atomic E-state index is 0.00188. The second kappa shape index (κ2) is 9.61. The zero-order valence-electron chi connectivity index (χ0n) is 16.5. The molecule has 0 unspecified atom stereocenters. The largest absolute Gasteiger partial charge is 0.327 e.